The van der Waals surface area contributed by atoms with Gasteiger partial charge in [0.1, 0.15) is 0 Å². The molecule has 0 saturated heterocycles. The molecule has 0 aliphatic rings. The number of hydrogen-bond acceptors (Lipinski definition) is 0. The fourth-order valence-electron chi connectivity index (χ4n) is 5.39. The monoisotopic (exact) mass is 430 g/mol. The number of fused-ring (bicyclic) bond motifs is 8. The molecular formula is C34H22. The van der Waals surface area contributed by atoms with Crippen LogP contribution in [0.4, 0.5) is 0 Å². The van der Waals surface area contributed by atoms with Crippen molar-refractivity contribution in [3.63, 3.8) is 0 Å². The molecule has 0 heteroatoms. The van der Waals surface area contributed by atoms with Gasteiger partial charge in [0.15, 0.2) is 0 Å². The van der Waals surface area contributed by atoms with Gasteiger partial charge < -0.3 is 0 Å². The fraction of sp³-hybridized carbons (Fsp3) is 0. The van der Waals surface area contributed by atoms with Gasteiger partial charge in [0, 0.05) is 0 Å². The molecule has 0 radical (unpaired) electrons. The standard InChI is InChI=1S/C34H22/c1-3-9-23(10-4-1)26-16-18-29-30-19-15-25-13-7-8-14-28(25)34(30)31-20-17-27(22-33(31)32(29)21-26)24-11-5-2-6-12-24/h1-22H. The molecule has 0 atom stereocenters. The van der Waals surface area contributed by atoms with E-state index >= 15 is 0 Å². The van der Waals surface area contributed by atoms with Crippen LogP contribution in [0.5, 0.6) is 0 Å². The first kappa shape index (κ1) is 19.1. The van der Waals surface area contributed by atoms with Gasteiger partial charge >= 0.3 is 0 Å². The summed E-state index contributed by atoms with van der Waals surface area (Å²) in [7, 11) is 0. The summed E-state index contributed by atoms with van der Waals surface area (Å²) in [6.07, 6.45) is 0. The largest absolute Gasteiger partial charge is 0.0622 e. The predicted octanol–water partition coefficient (Wildman–Crippen LogP) is 9.63. The Morgan fingerprint density at radius 1 is 0.265 bits per heavy atom. The van der Waals surface area contributed by atoms with E-state index in [9.17, 15) is 0 Å². The van der Waals surface area contributed by atoms with E-state index < -0.39 is 0 Å². The average Bonchev–Trinajstić information content (AvgIpc) is 2.93. The Kier molecular flexibility index (Phi) is 4.25. The molecule has 0 N–H and O–H groups in total. The van der Waals surface area contributed by atoms with Crippen molar-refractivity contribution in [1.29, 1.82) is 0 Å². The maximum Gasteiger partial charge on any atom is -0.00204 e. The molecule has 0 saturated carbocycles. The van der Waals surface area contributed by atoms with Gasteiger partial charge in [0.05, 0.1) is 0 Å². The van der Waals surface area contributed by atoms with Crippen LogP contribution in [0, 0.1) is 0 Å². The second kappa shape index (κ2) is 7.57. The number of rotatable bonds is 2. The minimum atomic E-state index is 1.25. The molecule has 0 nitrogen and oxygen atoms in total. The molecule has 0 heterocycles. The Morgan fingerprint density at radius 3 is 1.44 bits per heavy atom. The molecule has 0 aliphatic carbocycles. The minimum absolute atomic E-state index is 1.25. The average molecular weight is 431 g/mol. The van der Waals surface area contributed by atoms with Crippen LogP contribution in [0.25, 0.3) is 65.3 Å². The van der Waals surface area contributed by atoms with Crippen molar-refractivity contribution >= 4 is 43.1 Å². The normalized spacial score (nSPS) is 11.5. The molecule has 7 rings (SSSR count). The van der Waals surface area contributed by atoms with Gasteiger partial charge in [0.2, 0.25) is 0 Å². The lowest BCUT2D eigenvalue weighted by Crippen LogP contribution is -1.88. The Balaban J connectivity index is 1.66. The molecule has 34 heavy (non-hydrogen) atoms. The van der Waals surface area contributed by atoms with Crippen LogP contribution in [-0.4, -0.2) is 0 Å². The first-order valence-electron chi connectivity index (χ1n) is 11.8. The molecule has 0 bridgehead atoms. The van der Waals surface area contributed by atoms with Gasteiger partial charge in [0.25, 0.3) is 0 Å². The quantitative estimate of drug-likeness (QED) is 0.239. The predicted molar refractivity (Wildman–Crippen MR) is 147 cm³/mol. The van der Waals surface area contributed by atoms with E-state index in [2.05, 4.69) is 133 Å². The highest BCUT2D eigenvalue weighted by Gasteiger charge is 2.13. The zero-order valence-electron chi connectivity index (χ0n) is 18.7. The van der Waals surface area contributed by atoms with E-state index in [0.717, 1.165) is 0 Å². The van der Waals surface area contributed by atoms with Gasteiger partial charge in [-0.25, -0.2) is 0 Å². The van der Waals surface area contributed by atoms with E-state index in [1.165, 1.54) is 65.3 Å². The highest BCUT2D eigenvalue weighted by atomic mass is 14.2. The Bertz CT molecular complexity index is 1830. The van der Waals surface area contributed by atoms with E-state index in [0.29, 0.717) is 0 Å². The minimum Gasteiger partial charge on any atom is -0.0622 e. The van der Waals surface area contributed by atoms with Gasteiger partial charge in [-0.2, -0.15) is 0 Å². The van der Waals surface area contributed by atoms with Crippen LogP contribution in [0.1, 0.15) is 0 Å². The molecule has 7 aromatic rings. The van der Waals surface area contributed by atoms with E-state index in [1.807, 2.05) is 0 Å². The molecule has 158 valence electrons. The van der Waals surface area contributed by atoms with Crippen LogP contribution in [0.3, 0.4) is 0 Å². The SMILES string of the molecule is c1ccc(-c2ccc3c(c2)c2cc(-c4ccccc4)ccc2c2c4ccccc4ccc32)cc1. The van der Waals surface area contributed by atoms with Crippen molar-refractivity contribution < 1.29 is 0 Å². The second-order valence-corrected chi connectivity index (χ2v) is 8.96. The molecule has 0 unspecified atom stereocenters. The third-order valence-corrected chi connectivity index (χ3v) is 7.03. The summed E-state index contributed by atoms with van der Waals surface area (Å²) >= 11 is 0. The second-order valence-electron chi connectivity index (χ2n) is 8.96. The molecule has 0 aromatic heterocycles. The van der Waals surface area contributed by atoms with Crippen molar-refractivity contribution in [2.75, 3.05) is 0 Å². The summed E-state index contributed by atoms with van der Waals surface area (Å²) in [6.45, 7) is 0. The first-order chi connectivity index (χ1) is 16.9. The van der Waals surface area contributed by atoms with Gasteiger partial charge in [-0.3, -0.25) is 0 Å². The van der Waals surface area contributed by atoms with Crippen molar-refractivity contribution in [3.05, 3.63) is 133 Å². The Hall–Kier alpha value is -4.42. The topological polar surface area (TPSA) is 0 Å². The van der Waals surface area contributed by atoms with E-state index in [-0.39, 0.29) is 0 Å². The van der Waals surface area contributed by atoms with Gasteiger partial charge in [-0.05, 0) is 77.5 Å². The van der Waals surface area contributed by atoms with Crippen molar-refractivity contribution in [1.82, 2.24) is 0 Å². The van der Waals surface area contributed by atoms with Gasteiger partial charge in [-0.15, -0.1) is 0 Å². The van der Waals surface area contributed by atoms with Crippen molar-refractivity contribution in [2.24, 2.45) is 0 Å². The van der Waals surface area contributed by atoms with E-state index in [4.69, 9.17) is 0 Å². The van der Waals surface area contributed by atoms with Crippen LogP contribution < -0.4 is 0 Å². The zero-order chi connectivity index (χ0) is 22.5. The Morgan fingerprint density at radius 2 is 0.765 bits per heavy atom. The number of hydrogen-bond donors (Lipinski definition) is 0. The lowest BCUT2D eigenvalue weighted by molar-refractivity contribution is 1.64. The summed E-state index contributed by atoms with van der Waals surface area (Å²) < 4.78 is 0. The van der Waals surface area contributed by atoms with Crippen molar-refractivity contribution in [2.45, 2.75) is 0 Å². The number of benzene rings is 7. The van der Waals surface area contributed by atoms with Crippen LogP contribution in [-0.2, 0) is 0 Å². The summed E-state index contributed by atoms with van der Waals surface area (Å²) in [6, 6.07) is 48.5. The Labute approximate surface area is 198 Å². The van der Waals surface area contributed by atoms with Crippen LogP contribution >= 0.6 is 0 Å². The van der Waals surface area contributed by atoms with Gasteiger partial charge in [-0.1, -0.05) is 121 Å². The lowest BCUT2D eigenvalue weighted by Gasteiger charge is -2.15. The van der Waals surface area contributed by atoms with Crippen molar-refractivity contribution in [3.8, 4) is 22.3 Å². The third-order valence-electron chi connectivity index (χ3n) is 7.03. The first-order valence-corrected chi connectivity index (χ1v) is 11.8. The molecule has 0 aliphatic heterocycles. The maximum atomic E-state index is 2.38. The summed E-state index contributed by atoms with van der Waals surface area (Å²) in [5, 5.41) is 10.5. The molecule has 7 aromatic carbocycles. The molecule has 0 amide bonds. The van der Waals surface area contributed by atoms with Crippen LogP contribution in [0.2, 0.25) is 0 Å². The lowest BCUT2D eigenvalue weighted by atomic mass is 9.88. The molecule has 0 fully saturated rings. The fourth-order valence-corrected chi connectivity index (χ4v) is 5.39. The summed E-state index contributed by atoms with van der Waals surface area (Å²) in [4.78, 5) is 0. The summed E-state index contributed by atoms with van der Waals surface area (Å²) in [5.74, 6) is 0. The smallest absolute Gasteiger partial charge is 0.00204 e. The highest BCUT2D eigenvalue weighted by molar-refractivity contribution is 6.32. The zero-order valence-corrected chi connectivity index (χ0v) is 18.7. The van der Waals surface area contributed by atoms with Crippen LogP contribution in [0.15, 0.2) is 133 Å². The maximum absolute atomic E-state index is 2.38. The van der Waals surface area contributed by atoms with E-state index in [1.54, 1.807) is 0 Å². The summed E-state index contributed by atoms with van der Waals surface area (Å²) in [5.41, 5.74) is 4.99. The molecule has 0 spiro atoms. The molecular weight excluding hydrogens is 408 g/mol. The third kappa shape index (κ3) is 2.93. The highest BCUT2D eigenvalue weighted by Crippen LogP contribution is 2.41.